The first-order valence-corrected chi connectivity index (χ1v) is 8.42. The maximum Gasteiger partial charge on any atom is 0.471 e. The zero-order valence-electron chi connectivity index (χ0n) is 13.0. The van der Waals surface area contributed by atoms with E-state index >= 15 is 0 Å². The fourth-order valence-electron chi connectivity index (χ4n) is 2.43. The second kappa shape index (κ2) is 6.66. The van der Waals surface area contributed by atoms with Crippen molar-refractivity contribution in [1.82, 2.24) is 4.98 Å². The van der Waals surface area contributed by atoms with Crippen LogP contribution in [0.1, 0.15) is 6.92 Å². The van der Waals surface area contributed by atoms with Crippen LogP contribution in [0.15, 0.2) is 46.9 Å². The van der Waals surface area contributed by atoms with Gasteiger partial charge in [-0.15, -0.1) is 0 Å². The standard InChI is InChI=1S/C17H12F3IN2O2/c1-2-23(16(24)17(18,19)20)12-6-7-14-13(9-12)22-15(25-14)10-4-3-5-11(21)8-10/h3-9H,2H2,1H3. The molecule has 8 heteroatoms. The Morgan fingerprint density at radius 1 is 1.24 bits per heavy atom. The Morgan fingerprint density at radius 3 is 2.64 bits per heavy atom. The van der Waals surface area contributed by atoms with Crippen LogP contribution in [0.3, 0.4) is 0 Å². The third kappa shape index (κ3) is 3.63. The topological polar surface area (TPSA) is 46.3 Å². The minimum absolute atomic E-state index is 0.106. The average Bonchev–Trinajstić information content (AvgIpc) is 2.98. The number of amides is 1. The lowest BCUT2D eigenvalue weighted by Crippen LogP contribution is -2.41. The van der Waals surface area contributed by atoms with Crippen LogP contribution in [-0.4, -0.2) is 23.6 Å². The number of nitrogens with zero attached hydrogens (tertiary/aromatic N) is 2. The largest absolute Gasteiger partial charge is 0.471 e. The van der Waals surface area contributed by atoms with E-state index in [1.807, 2.05) is 24.3 Å². The van der Waals surface area contributed by atoms with Gasteiger partial charge in [0.25, 0.3) is 0 Å². The highest BCUT2D eigenvalue weighted by atomic mass is 127. The maximum atomic E-state index is 12.7. The number of oxazole rings is 1. The lowest BCUT2D eigenvalue weighted by molar-refractivity contribution is -0.170. The van der Waals surface area contributed by atoms with E-state index in [-0.39, 0.29) is 12.2 Å². The zero-order valence-corrected chi connectivity index (χ0v) is 15.1. The lowest BCUT2D eigenvalue weighted by atomic mass is 10.2. The minimum atomic E-state index is -4.93. The first-order chi connectivity index (χ1) is 11.8. The molecule has 3 rings (SSSR count). The van der Waals surface area contributed by atoms with E-state index in [1.54, 1.807) is 0 Å². The van der Waals surface area contributed by atoms with E-state index < -0.39 is 12.1 Å². The molecule has 2 aromatic carbocycles. The quantitative estimate of drug-likeness (QED) is 0.517. The first kappa shape index (κ1) is 17.7. The van der Waals surface area contributed by atoms with Gasteiger partial charge in [-0.05, 0) is 65.9 Å². The molecule has 0 aliphatic heterocycles. The van der Waals surface area contributed by atoms with E-state index in [2.05, 4.69) is 27.6 Å². The van der Waals surface area contributed by atoms with Gasteiger partial charge in [-0.25, -0.2) is 4.98 Å². The summed E-state index contributed by atoms with van der Waals surface area (Å²) >= 11 is 2.16. The number of hydrogen-bond acceptors (Lipinski definition) is 3. The monoisotopic (exact) mass is 460 g/mol. The van der Waals surface area contributed by atoms with Crippen LogP contribution < -0.4 is 4.90 Å². The van der Waals surface area contributed by atoms with Crippen molar-refractivity contribution in [3.63, 3.8) is 0 Å². The summed E-state index contributed by atoms with van der Waals surface area (Å²) in [6, 6.07) is 11.9. The van der Waals surface area contributed by atoms with Crippen molar-refractivity contribution in [3.05, 3.63) is 46.0 Å². The van der Waals surface area contributed by atoms with Gasteiger partial charge >= 0.3 is 12.1 Å². The lowest BCUT2D eigenvalue weighted by Gasteiger charge is -2.21. The average molecular weight is 460 g/mol. The van der Waals surface area contributed by atoms with Crippen molar-refractivity contribution in [3.8, 4) is 11.5 Å². The Morgan fingerprint density at radius 2 is 2.00 bits per heavy atom. The number of anilines is 1. The Labute approximate surface area is 154 Å². The second-order valence-electron chi connectivity index (χ2n) is 5.23. The van der Waals surface area contributed by atoms with Crippen molar-refractivity contribution in [2.24, 2.45) is 0 Å². The Balaban J connectivity index is 2.01. The molecule has 0 fully saturated rings. The highest BCUT2D eigenvalue weighted by molar-refractivity contribution is 14.1. The zero-order chi connectivity index (χ0) is 18.2. The highest BCUT2D eigenvalue weighted by Gasteiger charge is 2.42. The molecule has 0 saturated carbocycles. The van der Waals surface area contributed by atoms with Crippen LogP contribution in [-0.2, 0) is 4.79 Å². The summed E-state index contributed by atoms with van der Waals surface area (Å²) in [6.45, 7) is 1.37. The van der Waals surface area contributed by atoms with Gasteiger partial charge in [0.1, 0.15) is 5.52 Å². The first-order valence-electron chi connectivity index (χ1n) is 7.35. The molecule has 0 atom stereocenters. The summed E-state index contributed by atoms with van der Waals surface area (Å²) in [4.78, 5) is 16.6. The Kier molecular flexibility index (Phi) is 4.72. The summed E-state index contributed by atoms with van der Waals surface area (Å²) in [5.74, 6) is -1.54. The minimum Gasteiger partial charge on any atom is -0.436 e. The molecule has 4 nitrogen and oxygen atoms in total. The van der Waals surface area contributed by atoms with Crippen LogP contribution in [0, 0.1) is 3.57 Å². The van der Waals surface area contributed by atoms with E-state index in [0.29, 0.717) is 21.9 Å². The summed E-state index contributed by atoms with van der Waals surface area (Å²) in [5.41, 5.74) is 1.72. The van der Waals surface area contributed by atoms with Gasteiger partial charge in [-0.1, -0.05) is 6.07 Å². The molecule has 1 aromatic heterocycles. The predicted octanol–water partition coefficient (Wildman–Crippen LogP) is 5.01. The Hall–Kier alpha value is -2.10. The molecule has 0 unspecified atom stereocenters. The van der Waals surface area contributed by atoms with E-state index in [4.69, 9.17) is 4.42 Å². The normalized spacial score (nSPS) is 11.7. The number of carbonyl (C=O) groups is 1. The fraction of sp³-hybridized carbons (Fsp3) is 0.176. The molecular weight excluding hydrogens is 448 g/mol. The number of carbonyl (C=O) groups excluding carboxylic acids is 1. The van der Waals surface area contributed by atoms with E-state index in [9.17, 15) is 18.0 Å². The number of halogens is 4. The molecule has 0 bridgehead atoms. The second-order valence-corrected chi connectivity index (χ2v) is 6.47. The third-order valence-electron chi connectivity index (χ3n) is 3.56. The molecule has 1 heterocycles. The summed E-state index contributed by atoms with van der Waals surface area (Å²) in [5, 5.41) is 0. The SMILES string of the molecule is CCN(C(=O)C(F)(F)F)c1ccc2oc(-c3cccc(I)c3)nc2c1. The number of hydrogen-bond donors (Lipinski definition) is 0. The van der Waals surface area contributed by atoms with Crippen LogP contribution in [0.5, 0.6) is 0 Å². The van der Waals surface area contributed by atoms with Crippen molar-refractivity contribution in [2.45, 2.75) is 13.1 Å². The number of fused-ring (bicyclic) bond motifs is 1. The number of aromatic nitrogens is 1. The van der Waals surface area contributed by atoms with Crippen molar-refractivity contribution in [1.29, 1.82) is 0 Å². The van der Waals surface area contributed by atoms with Gasteiger partial charge in [0.15, 0.2) is 5.58 Å². The van der Waals surface area contributed by atoms with Crippen molar-refractivity contribution in [2.75, 3.05) is 11.4 Å². The smallest absolute Gasteiger partial charge is 0.436 e. The highest BCUT2D eigenvalue weighted by Crippen LogP contribution is 2.30. The van der Waals surface area contributed by atoms with E-state index in [0.717, 1.165) is 9.13 Å². The van der Waals surface area contributed by atoms with Crippen molar-refractivity contribution >= 4 is 45.3 Å². The summed E-state index contributed by atoms with van der Waals surface area (Å²) in [7, 11) is 0. The van der Waals surface area contributed by atoms with Gasteiger partial charge in [0, 0.05) is 21.4 Å². The van der Waals surface area contributed by atoms with Crippen LogP contribution >= 0.6 is 22.6 Å². The maximum absolute atomic E-state index is 12.7. The van der Waals surface area contributed by atoms with Crippen LogP contribution in [0.25, 0.3) is 22.6 Å². The molecular formula is C17H12F3IN2O2. The molecule has 0 saturated heterocycles. The number of alkyl halides is 3. The molecule has 0 radical (unpaired) electrons. The Bertz CT molecular complexity index is 937. The third-order valence-corrected chi connectivity index (χ3v) is 4.23. The molecule has 0 aliphatic rings. The molecule has 25 heavy (non-hydrogen) atoms. The van der Waals surface area contributed by atoms with Gasteiger partial charge in [-0.2, -0.15) is 13.2 Å². The van der Waals surface area contributed by atoms with Gasteiger partial charge in [0.05, 0.1) is 0 Å². The predicted molar refractivity (Wildman–Crippen MR) is 96.2 cm³/mol. The molecule has 0 spiro atoms. The number of benzene rings is 2. The molecule has 1 amide bonds. The van der Waals surface area contributed by atoms with Gasteiger partial charge in [0.2, 0.25) is 5.89 Å². The summed E-state index contributed by atoms with van der Waals surface area (Å²) in [6.07, 6.45) is -4.93. The summed E-state index contributed by atoms with van der Waals surface area (Å²) < 4.78 is 44.8. The van der Waals surface area contributed by atoms with Gasteiger partial charge in [-0.3, -0.25) is 4.79 Å². The van der Waals surface area contributed by atoms with Gasteiger partial charge < -0.3 is 9.32 Å². The molecule has 0 N–H and O–H groups in total. The molecule has 3 aromatic rings. The van der Waals surface area contributed by atoms with Crippen LogP contribution in [0.2, 0.25) is 0 Å². The van der Waals surface area contributed by atoms with Crippen molar-refractivity contribution < 1.29 is 22.4 Å². The van der Waals surface area contributed by atoms with Crippen LogP contribution in [0.4, 0.5) is 18.9 Å². The van der Waals surface area contributed by atoms with E-state index in [1.165, 1.54) is 25.1 Å². The molecule has 130 valence electrons. The fourth-order valence-corrected chi connectivity index (χ4v) is 2.97. The molecule has 0 aliphatic carbocycles. The number of rotatable bonds is 3.